The fraction of sp³-hybridized carbons (Fsp3) is 0.625. The Kier molecular flexibility index (Phi) is 5.44. The monoisotopic (exact) mass is 374 g/mol. The van der Waals surface area contributed by atoms with E-state index in [0.29, 0.717) is 4.90 Å². The lowest BCUT2D eigenvalue weighted by molar-refractivity contribution is 0.273. The van der Waals surface area contributed by atoms with Crippen LogP contribution in [0.5, 0.6) is 0 Å². The maximum Gasteiger partial charge on any atom is 0.243 e. The highest BCUT2D eigenvalue weighted by Gasteiger charge is 2.34. The molecule has 0 saturated carbocycles. The molecule has 136 valence electrons. The van der Waals surface area contributed by atoms with Crippen molar-refractivity contribution >= 4 is 20.0 Å². The van der Waals surface area contributed by atoms with Gasteiger partial charge >= 0.3 is 0 Å². The topological polar surface area (TPSA) is 74.8 Å². The smallest absolute Gasteiger partial charge is 0.212 e. The van der Waals surface area contributed by atoms with Gasteiger partial charge in [0.1, 0.15) is 0 Å². The molecule has 0 unspecified atom stereocenters. The predicted molar refractivity (Wildman–Crippen MR) is 95.2 cm³/mol. The van der Waals surface area contributed by atoms with Crippen molar-refractivity contribution in [3.8, 4) is 0 Å². The molecule has 0 bridgehead atoms. The summed E-state index contributed by atoms with van der Waals surface area (Å²) in [6, 6.07) is 2.00. The number of sulfonamides is 2. The summed E-state index contributed by atoms with van der Waals surface area (Å²) in [5.74, 6) is 0.0367. The minimum Gasteiger partial charge on any atom is -0.212 e. The summed E-state index contributed by atoms with van der Waals surface area (Å²) in [6.07, 6.45) is 0. The summed E-state index contributed by atoms with van der Waals surface area (Å²) in [7, 11) is -6.90. The van der Waals surface area contributed by atoms with Gasteiger partial charge in [-0.1, -0.05) is 6.07 Å². The molecule has 1 aliphatic rings. The van der Waals surface area contributed by atoms with Gasteiger partial charge in [0.25, 0.3) is 0 Å². The fourth-order valence-electron chi connectivity index (χ4n) is 3.07. The van der Waals surface area contributed by atoms with E-state index in [2.05, 4.69) is 0 Å². The molecule has 1 heterocycles. The van der Waals surface area contributed by atoms with Gasteiger partial charge in [0.15, 0.2) is 0 Å². The lowest BCUT2D eigenvalue weighted by Gasteiger charge is -2.34. The molecule has 1 aromatic carbocycles. The zero-order valence-corrected chi connectivity index (χ0v) is 16.6. The van der Waals surface area contributed by atoms with Crippen molar-refractivity contribution in [2.24, 2.45) is 0 Å². The number of rotatable bonds is 4. The second kappa shape index (κ2) is 6.74. The van der Waals surface area contributed by atoms with Gasteiger partial charge in [-0.3, -0.25) is 0 Å². The Morgan fingerprint density at radius 2 is 1.25 bits per heavy atom. The van der Waals surface area contributed by atoms with E-state index in [4.69, 9.17) is 0 Å². The summed E-state index contributed by atoms with van der Waals surface area (Å²) in [4.78, 5) is 0.367. The van der Waals surface area contributed by atoms with E-state index in [1.54, 1.807) is 6.92 Å². The van der Waals surface area contributed by atoms with Crippen molar-refractivity contribution in [2.45, 2.75) is 39.5 Å². The Morgan fingerprint density at radius 3 is 1.67 bits per heavy atom. The molecule has 1 aliphatic heterocycles. The van der Waals surface area contributed by atoms with E-state index in [1.807, 2.05) is 33.8 Å². The van der Waals surface area contributed by atoms with E-state index >= 15 is 0 Å². The molecule has 0 aromatic heterocycles. The van der Waals surface area contributed by atoms with Gasteiger partial charge < -0.3 is 0 Å². The largest absolute Gasteiger partial charge is 0.243 e. The van der Waals surface area contributed by atoms with Crippen molar-refractivity contribution < 1.29 is 16.8 Å². The van der Waals surface area contributed by atoms with Crippen molar-refractivity contribution in [1.29, 1.82) is 0 Å². The summed E-state index contributed by atoms with van der Waals surface area (Å²) in [5, 5.41) is 0. The Bertz CT molecular complexity index is 811. The van der Waals surface area contributed by atoms with Crippen LogP contribution in [0.2, 0.25) is 0 Å². The van der Waals surface area contributed by atoms with Crippen LogP contribution in [0.25, 0.3) is 0 Å². The standard InChI is InChI=1S/C16H26N2O4S2/c1-6-23(19,20)17-7-9-18(10-8-17)24(21,22)16-14(4)12(2)11-13(3)15(16)5/h11H,6-10H2,1-5H3. The number of piperazine rings is 1. The first-order chi connectivity index (χ1) is 11.0. The van der Waals surface area contributed by atoms with E-state index in [0.717, 1.165) is 22.3 Å². The third kappa shape index (κ3) is 3.37. The third-order valence-corrected chi connectivity index (χ3v) is 8.91. The van der Waals surface area contributed by atoms with Gasteiger partial charge in [-0.15, -0.1) is 0 Å². The van der Waals surface area contributed by atoms with Crippen LogP contribution in [-0.2, 0) is 20.0 Å². The Labute approximate surface area is 145 Å². The van der Waals surface area contributed by atoms with Gasteiger partial charge in [0.05, 0.1) is 10.6 Å². The first-order valence-corrected chi connectivity index (χ1v) is 11.1. The van der Waals surface area contributed by atoms with Crippen molar-refractivity contribution in [2.75, 3.05) is 31.9 Å². The number of benzene rings is 1. The average Bonchev–Trinajstić information content (AvgIpc) is 2.53. The highest BCUT2D eigenvalue weighted by molar-refractivity contribution is 7.89. The van der Waals surface area contributed by atoms with Gasteiger partial charge in [0.2, 0.25) is 20.0 Å². The predicted octanol–water partition coefficient (Wildman–Crippen LogP) is 1.58. The molecule has 0 atom stereocenters. The molecule has 1 fully saturated rings. The van der Waals surface area contributed by atoms with E-state index in [9.17, 15) is 16.8 Å². The SMILES string of the molecule is CCS(=O)(=O)N1CCN(S(=O)(=O)c2c(C)c(C)cc(C)c2C)CC1. The minimum atomic E-state index is -3.63. The first-order valence-electron chi connectivity index (χ1n) is 8.07. The Balaban J connectivity index is 2.35. The lowest BCUT2D eigenvalue weighted by Crippen LogP contribution is -2.51. The van der Waals surface area contributed by atoms with Crippen LogP contribution in [0.15, 0.2) is 11.0 Å². The lowest BCUT2D eigenvalue weighted by atomic mass is 10.0. The van der Waals surface area contributed by atoms with Gasteiger partial charge in [-0.05, 0) is 56.9 Å². The molecule has 24 heavy (non-hydrogen) atoms. The Hall–Kier alpha value is -0.960. The number of aryl methyl sites for hydroxylation is 2. The van der Waals surface area contributed by atoms with E-state index in [1.165, 1.54) is 8.61 Å². The van der Waals surface area contributed by atoms with Gasteiger partial charge in [0, 0.05) is 26.2 Å². The second-order valence-electron chi connectivity index (χ2n) is 6.29. The minimum absolute atomic E-state index is 0.0367. The number of nitrogens with zero attached hydrogens (tertiary/aromatic N) is 2. The van der Waals surface area contributed by atoms with E-state index in [-0.39, 0.29) is 31.9 Å². The summed E-state index contributed by atoms with van der Waals surface area (Å²) < 4.78 is 52.9. The van der Waals surface area contributed by atoms with Crippen molar-refractivity contribution in [3.63, 3.8) is 0 Å². The molecule has 0 radical (unpaired) electrons. The molecule has 6 nitrogen and oxygen atoms in total. The summed E-state index contributed by atoms with van der Waals surface area (Å²) in [6.45, 7) is 9.86. The normalized spacial score (nSPS) is 18.0. The van der Waals surface area contributed by atoms with Gasteiger partial charge in [-0.25, -0.2) is 16.8 Å². The quantitative estimate of drug-likeness (QED) is 0.802. The maximum atomic E-state index is 13.1. The molecular weight excluding hydrogens is 348 g/mol. The molecular formula is C16H26N2O4S2. The number of hydrogen-bond donors (Lipinski definition) is 0. The zero-order chi connectivity index (χ0) is 18.3. The highest BCUT2D eigenvalue weighted by atomic mass is 32.2. The first kappa shape index (κ1) is 19.4. The van der Waals surface area contributed by atoms with Crippen LogP contribution in [0, 0.1) is 27.7 Å². The third-order valence-electron chi connectivity index (χ3n) is 4.85. The molecule has 0 aliphatic carbocycles. The molecule has 0 spiro atoms. The average molecular weight is 375 g/mol. The van der Waals surface area contributed by atoms with Crippen LogP contribution in [0.4, 0.5) is 0 Å². The van der Waals surface area contributed by atoms with Crippen LogP contribution in [-0.4, -0.2) is 57.4 Å². The van der Waals surface area contributed by atoms with Gasteiger partial charge in [-0.2, -0.15) is 8.61 Å². The fourth-order valence-corrected chi connectivity index (χ4v) is 6.15. The number of hydrogen-bond acceptors (Lipinski definition) is 4. The van der Waals surface area contributed by atoms with Crippen LogP contribution in [0.1, 0.15) is 29.2 Å². The molecule has 8 heteroatoms. The van der Waals surface area contributed by atoms with Crippen LogP contribution in [0.3, 0.4) is 0 Å². The van der Waals surface area contributed by atoms with Crippen molar-refractivity contribution in [1.82, 2.24) is 8.61 Å². The zero-order valence-electron chi connectivity index (χ0n) is 15.0. The highest BCUT2D eigenvalue weighted by Crippen LogP contribution is 2.29. The molecule has 2 rings (SSSR count). The van der Waals surface area contributed by atoms with Crippen LogP contribution < -0.4 is 0 Å². The maximum absolute atomic E-state index is 13.1. The van der Waals surface area contributed by atoms with Crippen molar-refractivity contribution in [3.05, 3.63) is 28.3 Å². The molecule has 0 amide bonds. The molecule has 1 saturated heterocycles. The van der Waals surface area contributed by atoms with Crippen LogP contribution >= 0.6 is 0 Å². The molecule has 1 aromatic rings. The molecule has 0 N–H and O–H groups in total. The summed E-state index contributed by atoms with van der Waals surface area (Å²) >= 11 is 0. The summed E-state index contributed by atoms with van der Waals surface area (Å²) in [5.41, 5.74) is 3.43. The second-order valence-corrected chi connectivity index (χ2v) is 10.4. The van der Waals surface area contributed by atoms with E-state index < -0.39 is 20.0 Å². The Morgan fingerprint density at radius 1 is 0.833 bits per heavy atom.